The van der Waals surface area contributed by atoms with Gasteiger partial charge in [-0.15, -0.1) is 0 Å². The molecule has 0 amide bonds. The maximum absolute atomic E-state index is 13.1. The van der Waals surface area contributed by atoms with Crippen LogP contribution in [0.1, 0.15) is 51.3 Å². The van der Waals surface area contributed by atoms with Gasteiger partial charge in [-0.1, -0.05) is 12.8 Å². The van der Waals surface area contributed by atoms with Crippen LogP contribution in [0.2, 0.25) is 0 Å². The van der Waals surface area contributed by atoms with Crippen molar-refractivity contribution < 1.29 is 13.2 Å². The molecular weight excluding hydrogens is 412 g/mol. The lowest BCUT2D eigenvalue weighted by atomic mass is 9.78. The topological polar surface area (TPSA) is 67.7 Å². The number of morpholine rings is 1. The molecule has 2 saturated heterocycles. The van der Waals surface area contributed by atoms with Crippen LogP contribution in [0.15, 0.2) is 23.1 Å². The zero-order chi connectivity index (χ0) is 21.4. The van der Waals surface area contributed by atoms with Gasteiger partial charge in [-0.25, -0.2) is 13.4 Å². The van der Waals surface area contributed by atoms with Crippen molar-refractivity contribution in [3.05, 3.63) is 24.0 Å². The van der Waals surface area contributed by atoms with Crippen molar-refractivity contribution >= 4 is 21.1 Å². The van der Waals surface area contributed by atoms with E-state index in [4.69, 9.17) is 9.72 Å². The molecule has 3 aliphatic rings. The summed E-state index contributed by atoms with van der Waals surface area (Å²) >= 11 is 0. The van der Waals surface area contributed by atoms with Crippen molar-refractivity contribution in [2.45, 2.75) is 69.5 Å². The summed E-state index contributed by atoms with van der Waals surface area (Å²) in [6.45, 7) is 6.70. The summed E-state index contributed by atoms with van der Waals surface area (Å²) in [5.41, 5.74) is 1.80. The van der Waals surface area contributed by atoms with Gasteiger partial charge < -0.3 is 9.30 Å². The van der Waals surface area contributed by atoms with Crippen LogP contribution in [0.25, 0.3) is 11.0 Å². The average molecular weight is 447 g/mol. The van der Waals surface area contributed by atoms with Gasteiger partial charge in [0.2, 0.25) is 10.0 Å². The molecule has 2 atom stereocenters. The van der Waals surface area contributed by atoms with Gasteiger partial charge in [0.15, 0.2) is 0 Å². The second-order valence-electron chi connectivity index (χ2n) is 9.16. The first-order valence-corrected chi connectivity index (χ1v) is 13.3. The van der Waals surface area contributed by atoms with Crippen LogP contribution < -0.4 is 0 Å². The zero-order valence-corrected chi connectivity index (χ0v) is 19.3. The lowest BCUT2D eigenvalue weighted by Crippen LogP contribution is -2.46. The third-order valence-electron chi connectivity index (χ3n) is 7.43. The van der Waals surface area contributed by atoms with Gasteiger partial charge in [0, 0.05) is 25.7 Å². The fourth-order valence-corrected chi connectivity index (χ4v) is 7.26. The fourth-order valence-electron chi connectivity index (χ4n) is 5.84. The van der Waals surface area contributed by atoms with E-state index >= 15 is 0 Å². The van der Waals surface area contributed by atoms with Crippen LogP contribution in [-0.4, -0.2) is 66.1 Å². The molecule has 7 nitrogen and oxygen atoms in total. The average Bonchev–Trinajstić information content (AvgIpc) is 3.16. The summed E-state index contributed by atoms with van der Waals surface area (Å²) in [6, 6.07) is 6.12. The number of rotatable bonds is 5. The summed E-state index contributed by atoms with van der Waals surface area (Å²) in [5.74, 6) is 1.90. The summed E-state index contributed by atoms with van der Waals surface area (Å²) in [6.07, 6.45) is 8.03. The quantitative estimate of drug-likeness (QED) is 0.705. The van der Waals surface area contributed by atoms with Crippen LogP contribution in [0.4, 0.5) is 0 Å². The van der Waals surface area contributed by atoms with E-state index in [9.17, 15) is 8.42 Å². The molecule has 0 N–H and O–H groups in total. The highest BCUT2D eigenvalue weighted by molar-refractivity contribution is 7.89. The van der Waals surface area contributed by atoms with E-state index in [-0.39, 0.29) is 0 Å². The molecule has 0 bridgehead atoms. The Kier molecular flexibility index (Phi) is 6.07. The molecule has 31 heavy (non-hydrogen) atoms. The second kappa shape index (κ2) is 8.81. The molecule has 0 spiro atoms. The Morgan fingerprint density at radius 2 is 1.84 bits per heavy atom. The largest absolute Gasteiger partial charge is 0.379 e. The molecule has 8 heteroatoms. The summed E-state index contributed by atoms with van der Waals surface area (Å²) in [7, 11) is -3.51. The minimum Gasteiger partial charge on any atom is -0.379 e. The number of ether oxygens (including phenoxy) is 1. The molecule has 1 saturated carbocycles. The van der Waals surface area contributed by atoms with E-state index in [1.165, 1.54) is 42.8 Å². The van der Waals surface area contributed by atoms with Crippen LogP contribution in [0.3, 0.4) is 0 Å². The first-order chi connectivity index (χ1) is 15.1. The van der Waals surface area contributed by atoms with Gasteiger partial charge in [-0.2, -0.15) is 4.31 Å². The SMILES string of the molecule is CCn1c(CN2CCCC3CCCCC32)nc2cc(S(=O)(=O)N3CCOCC3)ccc21. The summed E-state index contributed by atoms with van der Waals surface area (Å²) in [4.78, 5) is 7.93. The van der Waals surface area contributed by atoms with Crippen LogP contribution in [-0.2, 0) is 27.8 Å². The normalized spacial score (nSPS) is 26.2. The Hall–Kier alpha value is -1.48. The molecule has 3 fully saturated rings. The highest BCUT2D eigenvalue weighted by Crippen LogP contribution is 2.36. The number of aryl methyl sites for hydroxylation is 1. The summed E-state index contributed by atoms with van der Waals surface area (Å²) < 4.78 is 35.3. The molecule has 170 valence electrons. The van der Waals surface area contributed by atoms with Gasteiger partial charge >= 0.3 is 0 Å². The first kappa shape index (κ1) is 21.4. The number of hydrogen-bond donors (Lipinski definition) is 0. The van der Waals surface area contributed by atoms with Gasteiger partial charge in [0.25, 0.3) is 0 Å². The van der Waals surface area contributed by atoms with Crippen molar-refractivity contribution in [1.82, 2.24) is 18.8 Å². The van der Waals surface area contributed by atoms with Crippen molar-refractivity contribution in [2.75, 3.05) is 32.8 Å². The van der Waals surface area contributed by atoms with E-state index in [1.807, 2.05) is 6.07 Å². The van der Waals surface area contributed by atoms with Crippen LogP contribution >= 0.6 is 0 Å². The third-order valence-corrected chi connectivity index (χ3v) is 9.32. The molecule has 5 rings (SSSR count). The van der Waals surface area contributed by atoms with Gasteiger partial charge in [-0.3, -0.25) is 4.90 Å². The molecule has 3 heterocycles. The lowest BCUT2D eigenvalue weighted by molar-refractivity contribution is 0.0520. The zero-order valence-electron chi connectivity index (χ0n) is 18.5. The number of aromatic nitrogens is 2. The van der Waals surface area contributed by atoms with E-state index in [0.29, 0.717) is 37.2 Å². The molecule has 1 aliphatic carbocycles. The van der Waals surface area contributed by atoms with E-state index in [1.54, 1.807) is 12.1 Å². The third kappa shape index (κ3) is 4.03. The lowest BCUT2D eigenvalue weighted by Gasteiger charge is -2.44. The molecule has 2 aromatic rings. The molecule has 2 unspecified atom stereocenters. The van der Waals surface area contributed by atoms with E-state index in [2.05, 4.69) is 16.4 Å². The Bertz CT molecular complexity index is 1030. The van der Waals surface area contributed by atoms with Crippen molar-refractivity contribution in [3.63, 3.8) is 0 Å². The van der Waals surface area contributed by atoms with E-state index < -0.39 is 10.0 Å². The Morgan fingerprint density at radius 1 is 1.06 bits per heavy atom. The number of hydrogen-bond acceptors (Lipinski definition) is 5. The molecule has 1 aromatic carbocycles. The van der Waals surface area contributed by atoms with Gasteiger partial charge in [-0.05, 0) is 63.3 Å². The smallest absolute Gasteiger partial charge is 0.243 e. The Morgan fingerprint density at radius 3 is 2.65 bits per heavy atom. The van der Waals surface area contributed by atoms with Crippen LogP contribution in [0, 0.1) is 5.92 Å². The maximum atomic E-state index is 13.1. The first-order valence-electron chi connectivity index (χ1n) is 11.9. The van der Waals surface area contributed by atoms with E-state index in [0.717, 1.165) is 42.4 Å². The van der Waals surface area contributed by atoms with Crippen molar-refractivity contribution in [1.29, 1.82) is 0 Å². The van der Waals surface area contributed by atoms with Gasteiger partial charge in [0.05, 0.1) is 35.7 Å². The number of imidazole rings is 1. The highest BCUT2D eigenvalue weighted by Gasteiger charge is 2.34. The van der Waals surface area contributed by atoms with Gasteiger partial charge in [0.1, 0.15) is 5.82 Å². The molecular formula is C23H34N4O3S. The number of nitrogens with zero attached hydrogens (tertiary/aromatic N) is 4. The fraction of sp³-hybridized carbons (Fsp3) is 0.696. The number of piperidine rings is 1. The van der Waals surface area contributed by atoms with Crippen LogP contribution in [0.5, 0.6) is 0 Å². The molecule has 0 radical (unpaired) electrons. The number of likely N-dealkylation sites (tertiary alicyclic amines) is 1. The second-order valence-corrected chi connectivity index (χ2v) is 11.1. The van der Waals surface area contributed by atoms with Crippen molar-refractivity contribution in [2.24, 2.45) is 5.92 Å². The summed E-state index contributed by atoms with van der Waals surface area (Å²) in [5, 5.41) is 0. The predicted octanol–water partition coefficient (Wildman–Crippen LogP) is 3.23. The number of sulfonamides is 1. The molecule has 2 aliphatic heterocycles. The Balaban J connectivity index is 1.44. The molecule has 1 aromatic heterocycles. The highest BCUT2D eigenvalue weighted by atomic mass is 32.2. The Labute approximate surface area is 185 Å². The monoisotopic (exact) mass is 446 g/mol. The predicted molar refractivity (Wildman–Crippen MR) is 120 cm³/mol. The van der Waals surface area contributed by atoms with Crippen molar-refractivity contribution in [3.8, 4) is 0 Å². The minimum absolute atomic E-state index is 0.333. The standard InChI is InChI=1S/C23H34N4O3S/c1-2-27-22-10-9-19(31(28,29)26-12-14-30-15-13-26)16-20(22)24-23(27)17-25-11-5-7-18-6-3-4-8-21(18)25/h9-10,16,18,21H,2-8,11-15,17H2,1H3. The number of fused-ring (bicyclic) bond motifs is 2. The minimum atomic E-state index is -3.51. The maximum Gasteiger partial charge on any atom is 0.243 e. The number of benzene rings is 1.